The molecule has 0 fully saturated rings. The minimum Gasteiger partial charge on any atom is -0.452 e. The fourth-order valence-electron chi connectivity index (χ4n) is 3.92. The summed E-state index contributed by atoms with van der Waals surface area (Å²) in [4.78, 5) is 0. The van der Waals surface area contributed by atoms with E-state index in [-0.39, 0.29) is 0 Å². The molecule has 2 rings (SSSR count). The van der Waals surface area contributed by atoms with E-state index in [4.69, 9.17) is 9.47 Å². The number of hydrogen-bond donors (Lipinski definition) is 0. The maximum atomic E-state index is 6.54. The van der Waals surface area contributed by atoms with Crippen molar-refractivity contribution in [3.8, 4) is 11.5 Å². The van der Waals surface area contributed by atoms with E-state index in [2.05, 4.69) is 20.8 Å². The van der Waals surface area contributed by atoms with Crippen LogP contribution in [0.4, 0.5) is 0 Å². The molecule has 0 heterocycles. The summed E-state index contributed by atoms with van der Waals surface area (Å²) in [5.41, 5.74) is 0. The fraction of sp³-hybridized carbons (Fsp3) is 0.556. The molecule has 0 amide bonds. The van der Waals surface area contributed by atoms with Crippen LogP contribution in [0.2, 0.25) is 0 Å². The van der Waals surface area contributed by atoms with Gasteiger partial charge in [0.25, 0.3) is 5.79 Å². The van der Waals surface area contributed by atoms with E-state index in [1.807, 2.05) is 60.7 Å². The topological polar surface area (TPSA) is 18.5 Å². The molecule has 0 saturated heterocycles. The Hall–Kier alpha value is -1.96. The van der Waals surface area contributed by atoms with Crippen LogP contribution in [0.3, 0.4) is 0 Å². The number of hydrogen-bond acceptors (Lipinski definition) is 2. The first-order valence-corrected chi connectivity index (χ1v) is 11.7. The summed E-state index contributed by atoms with van der Waals surface area (Å²) < 4.78 is 13.1. The summed E-state index contributed by atoms with van der Waals surface area (Å²) in [5, 5.41) is 0. The molecule has 0 saturated carbocycles. The van der Waals surface area contributed by atoms with Gasteiger partial charge in [-0.15, -0.1) is 0 Å². The minimum absolute atomic E-state index is 0.356. The van der Waals surface area contributed by atoms with Gasteiger partial charge in [0.1, 0.15) is 11.5 Å². The maximum Gasteiger partial charge on any atom is 0.251 e. The molecule has 0 aromatic heterocycles. The highest BCUT2D eigenvalue weighted by Crippen LogP contribution is 2.35. The lowest BCUT2D eigenvalue weighted by Crippen LogP contribution is -2.46. The smallest absolute Gasteiger partial charge is 0.251 e. The first-order chi connectivity index (χ1) is 14.2. The van der Waals surface area contributed by atoms with Crippen molar-refractivity contribution in [1.29, 1.82) is 0 Å². The van der Waals surface area contributed by atoms with Crippen molar-refractivity contribution in [3.63, 3.8) is 0 Å². The van der Waals surface area contributed by atoms with Crippen molar-refractivity contribution in [3.05, 3.63) is 60.7 Å². The number of ether oxygens (including phenoxy) is 2. The standard InChI is InChI=1S/C27H40O2/c1-4-6-8-9-10-13-19-24(18-7-5-2)27(3,28-25-20-14-11-15-21-25)29-26-22-16-12-17-23-26/h11-12,14-17,20-24H,4-10,13,18-19H2,1-3H3. The van der Waals surface area contributed by atoms with E-state index in [1.165, 1.54) is 51.4 Å². The van der Waals surface area contributed by atoms with Crippen LogP contribution in [0.1, 0.15) is 85.0 Å². The molecule has 0 spiro atoms. The third-order valence-electron chi connectivity index (χ3n) is 5.68. The van der Waals surface area contributed by atoms with Crippen LogP contribution in [0.15, 0.2) is 60.7 Å². The third kappa shape index (κ3) is 8.51. The molecule has 0 aliphatic carbocycles. The molecule has 0 bridgehead atoms. The molecular weight excluding hydrogens is 356 g/mol. The van der Waals surface area contributed by atoms with Crippen LogP contribution in [0, 0.1) is 5.92 Å². The fourth-order valence-corrected chi connectivity index (χ4v) is 3.92. The van der Waals surface area contributed by atoms with Crippen molar-refractivity contribution in [2.75, 3.05) is 0 Å². The van der Waals surface area contributed by atoms with Gasteiger partial charge < -0.3 is 9.47 Å². The Labute approximate surface area is 178 Å². The molecule has 0 N–H and O–H groups in total. The van der Waals surface area contributed by atoms with Gasteiger partial charge in [0.05, 0.1) is 0 Å². The maximum absolute atomic E-state index is 6.54. The lowest BCUT2D eigenvalue weighted by atomic mass is 9.88. The minimum atomic E-state index is -0.679. The Balaban J connectivity index is 2.13. The summed E-state index contributed by atoms with van der Waals surface area (Å²) in [5.74, 6) is 1.42. The average Bonchev–Trinajstić information content (AvgIpc) is 2.74. The van der Waals surface area contributed by atoms with Crippen LogP contribution >= 0.6 is 0 Å². The average molecular weight is 397 g/mol. The van der Waals surface area contributed by atoms with Crippen molar-refractivity contribution >= 4 is 0 Å². The molecular formula is C27H40O2. The van der Waals surface area contributed by atoms with Crippen LogP contribution < -0.4 is 9.47 Å². The third-order valence-corrected chi connectivity index (χ3v) is 5.68. The van der Waals surface area contributed by atoms with Gasteiger partial charge >= 0.3 is 0 Å². The van der Waals surface area contributed by atoms with E-state index < -0.39 is 5.79 Å². The van der Waals surface area contributed by atoms with Gasteiger partial charge in [-0.25, -0.2) is 0 Å². The van der Waals surface area contributed by atoms with Gasteiger partial charge in [0.2, 0.25) is 0 Å². The van der Waals surface area contributed by atoms with E-state index in [0.29, 0.717) is 5.92 Å². The largest absolute Gasteiger partial charge is 0.452 e. The summed E-state index contributed by atoms with van der Waals surface area (Å²) in [6.45, 7) is 6.66. The van der Waals surface area contributed by atoms with E-state index in [9.17, 15) is 0 Å². The molecule has 0 aliphatic rings. The second kappa shape index (κ2) is 13.3. The predicted molar refractivity (Wildman–Crippen MR) is 124 cm³/mol. The normalized spacial score (nSPS) is 12.5. The highest BCUT2D eigenvalue weighted by atomic mass is 16.7. The van der Waals surface area contributed by atoms with E-state index >= 15 is 0 Å². The Kier molecular flexibility index (Phi) is 10.7. The highest BCUT2D eigenvalue weighted by molar-refractivity contribution is 5.24. The first-order valence-electron chi connectivity index (χ1n) is 11.7. The number of unbranched alkanes of at least 4 members (excludes halogenated alkanes) is 6. The molecule has 2 nitrogen and oxygen atoms in total. The van der Waals surface area contributed by atoms with E-state index in [0.717, 1.165) is 24.3 Å². The van der Waals surface area contributed by atoms with Gasteiger partial charge in [0.15, 0.2) is 0 Å². The summed E-state index contributed by atoms with van der Waals surface area (Å²) >= 11 is 0. The van der Waals surface area contributed by atoms with Gasteiger partial charge in [-0.1, -0.05) is 102 Å². The second-order valence-electron chi connectivity index (χ2n) is 8.24. The highest BCUT2D eigenvalue weighted by Gasteiger charge is 2.38. The van der Waals surface area contributed by atoms with Gasteiger partial charge in [-0.3, -0.25) is 0 Å². The molecule has 2 heteroatoms. The summed E-state index contributed by atoms with van der Waals surface area (Å²) in [6.07, 6.45) is 12.5. The van der Waals surface area contributed by atoms with Crippen molar-refractivity contribution in [1.82, 2.24) is 0 Å². The number of benzene rings is 2. The Bertz CT molecular complexity index is 597. The quantitative estimate of drug-likeness (QED) is 0.222. The van der Waals surface area contributed by atoms with Gasteiger partial charge in [-0.05, 0) is 37.1 Å². The van der Waals surface area contributed by atoms with Crippen LogP contribution in [-0.4, -0.2) is 5.79 Å². The zero-order chi connectivity index (χ0) is 20.8. The zero-order valence-electron chi connectivity index (χ0n) is 18.7. The number of rotatable bonds is 15. The number of para-hydroxylation sites is 2. The van der Waals surface area contributed by atoms with E-state index in [1.54, 1.807) is 0 Å². The van der Waals surface area contributed by atoms with Gasteiger partial charge in [-0.2, -0.15) is 0 Å². The summed E-state index contributed by atoms with van der Waals surface area (Å²) in [6, 6.07) is 20.2. The Morgan fingerprint density at radius 1 is 0.621 bits per heavy atom. The van der Waals surface area contributed by atoms with Crippen molar-refractivity contribution < 1.29 is 9.47 Å². The van der Waals surface area contributed by atoms with Crippen molar-refractivity contribution in [2.24, 2.45) is 5.92 Å². The predicted octanol–water partition coefficient (Wildman–Crippen LogP) is 8.42. The van der Waals surface area contributed by atoms with Crippen molar-refractivity contribution in [2.45, 2.75) is 90.8 Å². The molecule has 2 aromatic rings. The first kappa shape index (κ1) is 23.3. The van der Waals surface area contributed by atoms with Crippen LogP contribution in [0.5, 0.6) is 11.5 Å². The van der Waals surface area contributed by atoms with Gasteiger partial charge in [0, 0.05) is 12.8 Å². The Morgan fingerprint density at radius 3 is 1.59 bits per heavy atom. The zero-order valence-corrected chi connectivity index (χ0v) is 18.7. The van der Waals surface area contributed by atoms with Crippen LogP contribution in [0.25, 0.3) is 0 Å². The molecule has 1 unspecified atom stereocenters. The SMILES string of the molecule is CCCCCCCCC(CCCC)C(C)(Oc1ccccc1)Oc1ccccc1. The molecule has 0 aliphatic heterocycles. The lowest BCUT2D eigenvalue weighted by molar-refractivity contribution is -0.146. The molecule has 1 atom stereocenters. The Morgan fingerprint density at radius 2 is 1.07 bits per heavy atom. The molecule has 0 radical (unpaired) electrons. The lowest BCUT2D eigenvalue weighted by Gasteiger charge is -2.38. The molecule has 2 aromatic carbocycles. The summed E-state index contributed by atoms with van der Waals surface area (Å²) in [7, 11) is 0. The van der Waals surface area contributed by atoms with Crippen LogP contribution in [-0.2, 0) is 0 Å². The molecule has 29 heavy (non-hydrogen) atoms. The monoisotopic (exact) mass is 396 g/mol. The molecule has 160 valence electrons. The second-order valence-corrected chi connectivity index (χ2v) is 8.24.